The van der Waals surface area contributed by atoms with Crippen molar-refractivity contribution < 1.29 is 14.5 Å². The number of nitro benzene ring substituents is 1. The highest BCUT2D eigenvalue weighted by Gasteiger charge is 2.17. The summed E-state index contributed by atoms with van der Waals surface area (Å²) in [5, 5.41) is 13.6. The van der Waals surface area contributed by atoms with E-state index in [1.54, 1.807) is 30.6 Å². The standard InChI is InChI=1S/C21H20N4O4/c1-14(2)20-22-11-12-24(20)13-19(26)15-7-9-16(10-8-15)21(27)23-17-5-3-4-6-18(17)25(28)29/h3-12,14H,13H2,1-2H3,(H,23,27). The number of aromatic nitrogens is 2. The third kappa shape index (κ3) is 4.55. The topological polar surface area (TPSA) is 107 Å². The number of carbonyl (C=O) groups excluding carboxylic acids is 2. The van der Waals surface area contributed by atoms with Crippen LogP contribution in [0.25, 0.3) is 0 Å². The molecule has 0 bridgehead atoms. The van der Waals surface area contributed by atoms with Crippen LogP contribution in [0.1, 0.15) is 46.3 Å². The number of hydrogen-bond donors (Lipinski definition) is 1. The minimum Gasteiger partial charge on any atom is -0.327 e. The number of amides is 1. The molecule has 3 rings (SSSR count). The van der Waals surface area contributed by atoms with Gasteiger partial charge in [-0.25, -0.2) is 4.98 Å². The fourth-order valence-electron chi connectivity index (χ4n) is 2.94. The van der Waals surface area contributed by atoms with Crippen molar-refractivity contribution in [3.8, 4) is 0 Å². The molecule has 0 radical (unpaired) electrons. The van der Waals surface area contributed by atoms with E-state index in [2.05, 4.69) is 10.3 Å². The second-order valence-electron chi connectivity index (χ2n) is 6.80. The molecule has 0 aliphatic rings. The Balaban J connectivity index is 1.71. The highest BCUT2D eigenvalue weighted by molar-refractivity contribution is 6.06. The zero-order chi connectivity index (χ0) is 21.0. The van der Waals surface area contributed by atoms with Gasteiger partial charge < -0.3 is 9.88 Å². The molecule has 8 heteroatoms. The van der Waals surface area contributed by atoms with Gasteiger partial charge in [-0.05, 0) is 18.2 Å². The summed E-state index contributed by atoms with van der Waals surface area (Å²) in [6.07, 6.45) is 3.43. The average Bonchev–Trinajstić information content (AvgIpc) is 3.16. The van der Waals surface area contributed by atoms with E-state index in [0.29, 0.717) is 11.1 Å². The lowest BCUT2D eigenvalue weighted by molar-refractivity contribution is -0.383. The number of nitro groups is 1. The van der Waals surface area contributed by atoms with Gasteiger partial charge in [-0.1, -0.05) is 38.1 Å². The van der Waals surface area contributed by atoms with Gasteiger partial charge in [-0.15, -0.1) is 0 Å². The molecule has 29 heavy (non-hydrogen) atoms. The molecule has 0 saturated carbocycles. The van der Waals surface area contributed by atoms with Crippen LogP contribution in [0.15, 0.2) is 60.9 Å². The number of hydrogen-bond acceptors (Lipinski definition) is 5. The SMILES string of the molecule is CC(C)c1nccn1CC(=O)c1ccc(C(=O)Nc2ccccc2[N+](=O)[O-])cc1. The normalized spacial score (nSPS) is 10.7. The first-order valence-electron chi connectivity index (χ1n) is 9.06. The third-order valence-corrected chi connectivity index (χ3v) is 4.40. The first-order valence-corrected chi connectivity index (χ1v) is 9.06. The van der Waals surface area contributed by atoms with Crippen LogP contribution in [0.3, 0.4) is 0 Å². The molecular formula is C21H20N4O4. The van der Waals surface area contributed by atoms with Gasteiger partial charge in [0.05, 0.1) is 11.5 Å². The van der Waals surface area contributed by atoms with Gasteiger partial charge in [0.1, 0.15) is 11.5 Å². The van der Waals surface area contributed by atoms with Crippen LogP contribution < -0.4 is 5.32 Å². The fourth-order valence-corrected chi connectivity index (χ4v) is 2.94. The Hall–Kier alpha value is -3.81. The molecule has 1 aromatic heterocycles. The van der Waals surface area contributed by atoms with Crippen molar-refractivity contribution in [3.05, 3.63) is 88.0 Å². The molecule has 0 aliphatic heterocycles. The fraction of sp³-hybridized carbons (Fsp3) is 0.190. The molecule has 0 spiro atoms. The maximum absolute atomic E-state index is 12.6. The zero-order valence-corrected chi connectivity index (χ0v) is 16.0. The summed E-state index contributed by atoms with van der Waals surface area (Å²) in [4.78, 5) is 39.7. The Labute approximate surface area is 167 Å². The van der Waals surface area contributed by atoms with Crippen molar-refractivity contribution >= 4 is 23.1 Å². The van der Waals surface area contributed by atoms with E-state index in [1.807, 2.05) is 18.4 Å². The van der Waals surface area contributed by atoms with Crippen molar-refractivity contribution in [3.63, 3.8) is 0 Å². The van der Waals surface area contributed by atoms with Gasteiger partial charge in [0, 0.05) is 35.5 Å². The Kier molecular flexibility index (Phi) is 5.82. The van der Waals surface area contributed by atoms with E-state index in [9.17, 15) is 19.7 Å². The predicted octanol–water partition coefficient (Wildman–Crippen LogP) is 4.05. The van der Waals surface area contributed by atoms with Gasteiger partial charge in [0.25, 0.3) is 11.6 Å². The first kappa shape index (κ1) is 19.9. The highest BCUT2D eigenvalue weighted by Crippen LogP contribution is 2.24. The largest absolute Gasteiger partial charge is 0.327 e. The Morgan fingerprint density at radius 2 is 1.76 bits per heavy atom. The number of para-hydroxylation sites is 2. The van der Waals surface area contributed by atoms with Crippen molar-refractivity contribution in [2.24, 2.45) is 0 Å². The molecule has 2 aromatic carbocycles. The van der Waals surface area contributed by atoms with Gasteiger partial charge in [-0.3, -0.25) is 19.7 Å². The second kappa shape index (κ2) is 8.47. The molecule has 1 heterocycles. The molecule has 0 saturated heterocycles. The molecule has 0 unspecified atom stereocenters. The number of carbonyl (C=O) groups is 2. The number of rotatable bonds is 7. The molecule has 0 fully saturated rings. The zero-order valence-electron chi connectivity index (χ0n) is 16.0. The van der Waals surface area contributed by atoms with E-state index in [4.69, 9.17) is 0 Å². The van der Waals surface area contributed by atoms with Crippen LogP contribution in [0.4, 0.5) is 11.4 Å². The van der Waals surface area contributed by atoms with Crippen LogP contribution >= 0.6 is 0 Å². The lowest BCUT2D eigenvalue weighted by Gasteiger charge is -2.10. The summed E-state index contributed by atoms with van der Waals surface area (Å²) in [6.45, 7) is 4.18. The number of nitrogens with one attached hydrogen (secondary N) is 1. The predicted molar refractivity (Wildman–Crippen MR) is 108 cm³/mol. The Bertz CT molecular complexity index is 1050. The second-order valence-corrected chi connectivity index (χ2v) is 6.80. The number of Topliss-reactive ketones (excluding diaryl/α,β-unsaturated/α-hetero) is 1. The summed E-state index contributed by atoms with van der Waals surface area (Å²) < 4.78 is 1.81. The first-order chi connectivity index (χ1) is 13.9. The summed E-state index contributed by atoms with van der Waals surface area (Å²) in [6, 6.07) is 12.1. The van der Waals surface area contributed by atoms with E-state index in [1.165, 1.54) is 30.3 Å². The molecule has 1 amide bonds. The maximum Gasteiger partial charge on any atom is 0.292 e. The van der Waals surface area contributed by atoms with Crippen LogP contribution in [0.5, 0.6) is 0 Å². The summed E-state index contributed by atoms with van der Waals surface area (Å²) in [5.74, 6) is 0.440. The highest BCUT2D eigenvalue weighted by atomic mass is 16.6. The smallest absolute Gasteiger partial charge is 0.292 e. The van der Waals surface area contributed by atoms with E-state index >= 15 is 0 Å². The minimum atomic E-state index is -0.557. The molecule has 0 atom stereocenters. The van der Waals surface area contributed by atoms with E-state index in [0.717, 1.165) is 5.82 Å². The van der Waals surface area contributed by atoms with Gasteiger partial charge >= 0.3 is 0 Å². The molecule has 0 aliphatic carbocycles. The average molecular weight is 392 g/mol. The van der Waals surface area contributed by atoms with E-state index < -0.39 is 10.8 Å². The van der Waals surface area contributed by atoms with Crippen LogP contribution in [-0.2, 0) is 6.54 Å². The summed E-state index contributed by atoms with van der Waals surface area (Å²) in [7, 11) is 0. The van der Waals surface area contributed by atoms with Crippen LogP contribution in [-0.4, -0.2) is 26.2 Å². The van der Waals surface area contributed by atoms with Gasteiger partial charge in [-0.2, -0.15) is 0 Å². The van der Waals surface area contributed by atoms with Crippen molar-refractivity contribution in [1.82, 2.24) is 9.55 Å². The van der Waals surface area contributed by atoms with Crippen LogP contribution in [0.2, 0.25) is 0 Å². The Morgan fingerprint density at radius 3 is 2.41 bits per heavy atom. The van der Waals surface area contributed by atoms with Crippen molar-refractivity contribution in [1.29, 1.82) is 0 Å². The van der Waals surface area contributed by atoms with Crippen molar-refractivity contribution in [2.45, 2.75) is 26.3 Å². The molecule has 8 nitrogen and oxygen atoms in total. The van der Waals surface area contributed by atoms with Gasteiger partial charge in [0.15, 0.2) is 5.78 Å². The number of imidazole rings is 1. The molecular weight excluding hydrogens is 372 g/mol. The molecule has 1 N–H and O–H groups in total. The number of nitrogens with zero attached hydrogens (tertiary/aromatic N) is 3. The number of anilines is 1. The lowest BCUT2D eigenvalue weighted by Crippen LogP contribution is -2.15. The molecule has 148 valence electrons. The minimum absolute atomic E-state index is 0.101. The molecule has 3 aromatic rings. The maximum atomic E-state index is 12.6. The third-order valence-electron chi connectivity index (χ3n) is 4.40. The quantitative estimate of drug-likeness (QED) is 0.371. The van der Waals surface area contributed by atoms with Crippen LogP contribution in [0, 0.1) is 10.1 Å². The van der Waals surface area contributed by atoms with Gasteiger partial charge in [0.2, 0.25) is 0 Å². The summed E-state index contributed by atoms with van der Waals surface area (Å²) >= 11 is 0. The Morgan fingerprint density at radius 1 is 1.10 bits per heavy atom. The van der Waals surface area contributed by atoms with E-state index in [-0.39, 0.29) is 29.6 Å². The number of benzene rings is 2. The van der Waals surface area contributed by atoms with Crippen molar-refractivity contribution in [2.75, 3.05) is 5.32 Å². The number of ketones is 1. The monoisotopic (exact) mass is 392 g/mol. The summed E-state index contributed by atoms with van der Waals surface area (Å²) in [5.41, 5.74) is 0.693. The lowest BCUT2D eigenvalue weighted by atomic mass is 10.1.